The molecule has 1 aromatic rings. The first-order valence-corrected chi connectivity index (χ1v) is 7.52. The number of nitrogens with zero attached hydrogens (tertiary/aromatic N) is 1. The molecule has 2 heteroatoms. The van der Waals surface area contributed by atoms with Crippen LogP contribution < -0.4 is 0 Å². The molecule has 0 fully saturated rings. The lowest BCUT2D eigenvalue weighted by Gasteiger charge is -2.31. The van der Waals surface area contributed by atoms with Crippen LogP contribution in [0.1, 0.15) is 59.2 Å². The second kappa shape index (κ2) is 6.74. The van der Waals surface area contributed by atoms with Gasteiger partial charge in [-0.15, -0.1) is 0 Å². The van der Waals surface area contributed by atoms with Crippen molar-refractivity contribution in [2.45, 2.75) is 53.4 Å². The van der Waals surface area contributed by atoms with Crippen molar-refractivity contribution in [2.24, 2.45) is 5.92 Å². The molecular weight excluding hydrogens is 244 g/mol. The first-order valence-electron chi connectivity index (χ1n) is 7.52. The molecule has 0 spiro atoms. The highest BCUT2D eigenvalue weighted by molar-refractivity contribution is 5.86. The second-order valence-electron chi connectivity index (χ2n) is 5.75. The maximum Gasteiger partial charge on any atom is 0.0569 e. The zero-order valence-corrected chi connectivity index (χ0v) is 13.7. The molecule has 0 aromatic carbocycles. The number of nitrogens with one attached hydrogen (secondary N) is 1. The van der Waals surface area contributed by atoms with Crippen LogP contribution in [0.3, 0.4) is 0 Å². The highest BCUT2D eigenvalue weighted by atomic mass is 15.1. The third-order valence-corrected chi connectivity index (χ3v) is 3.99. The van der Waals surface area contributed by atoms with Gasteiger partial charge in [0.1, 0.15) is 0 Å². The Balaban J connectivity index is 0.000000612. The van der Waals surface area contributed by atoms with Gasteiger partial charge in [-0.1, -0.05) is 58.9 Å². The molecule has 1 heterocycles. The van der Waals surface area contributed by atoms with Crippen molar-refractivity contribution in [2.75, 3.05) is 0 Å². The summed E-state index contributed by atoms with van der Waals surface area (Å²) in [6.45, 7) is 17.0. The Morgan fingerprint density at radius 1 is 1.40 bits per heavy atom. The molecule has 1 aliphatic rings. The Kier molecular flexibility index (Phi) is 5.55. The third kappa shape index (κ3) is 2.52. The molecule has 0 saturated carbocycles. The Bertz CT molecular complexity index is 517. The lowest BCUT2D eigenvalue weighted by Crippen LogP contribution is -2.29. The predicted octanol–water partition coefficient (Wildman–Crippen LogP) is 5.27. The minimum absolute atomic E-state index is 0.00185. The SMILES string of the molecule is C=CC1=C(/C=C\C)C(C)(C(C)C)c2[nH]ncc21.CCC. The van der Waals surface area contributed by atoms with Crippen molar-refractivity contribution in [3.8, 4) is 0 Å². The predicted molar refractivity (Wildman–Crippen MR) is 88.7 cm³/mol. The average Bonchev–Trinajstić information content (AvgIpc) is 2.94. The molecule has 110 valence electrons. The van der Waals surface area contributed by atoms with Gasteiger partial charge in [0.2, 0.25) is 0 Å². The van der Waals surface area contributed by atoms with Crippen molar-refractivity contribution in [3.63, 3.8) is 0 Å². The van der Waals surface area contributed by atoms with Gasteiger partial charge in [-0.2, -0.15) is 5.10 Å². The summed E-state index contributed by atoms with van der Waals surface area (Å²) < 4.78 is 0. The summed E-state index contributed by atoms with van der Waals surface area (Å²) in [5, 5.41) is 7.35. The summed E-state index contributed by atoms with van der Waals surface area (Å²) in [4.78, 5) is 0. The number of aromatic amines is 1. The number of allylic oxidation sites excluding steroid dienone is 5. The molecule has 1 N–H and O–H groups in total. The molecule has 2 nitrogen and oxygen atoms in total. The minimum atomic E-state index is 0.00185. The highest BCUT2D eigenvalue weighted by Gasteiger charge is 2.43. The molecule has 1 aromatic heterocycles. The van der Waals surface area contributed by atoms with E-state index in [2.05, 4.69) is 70.5 Å². The van der Waals surface area contributed by atoms with Crippen molar-refractivity contribution < 1.29 is 0 Å². The van der Waals surface area contributed by atoms with Gasteiger partial charge in [-0.25, -0.2) is 0 Å². The maximum atomic E-state index is 4.18. The summed E-state index contributed by atoms with van der Waals surface area (Å²) in [5.41, 5.74) is 4.97. The van der Waals surface area contributed by atoms with Crippen molar-refractivity contribution in [3.05, 3.63) is 47.8 Å². The van der Waals surface area contributed by atoms with Gasteiger partial charge in [0, 0.05) is 11.0 Å². The van der Waals surface area contributed by atoms with Crippen molar-refractivity contribution in [1.29, 1.82) is 0 Å². The zero-order valence-electron chi connectivity index (χ0n) is 13.7. The van der Waals surface area contributed by atoms with Gasteiger partial charge in [0.15, 0.2) is 0 Å². The smallest absolute Gasteiger partial charge is 0.0569 e. The number of H-pyrrole nitrogens is 1. The summed E-state index contributed by atoms with van der Waals surface area (Å²) in [6, 6.07) is 0. The van der Waals surface area contributed by atoms with Crippen LogP contribution in [0, 0.1) is 5.92 Å². The van der Waals surface area contributed by atoms with Crippen LogP contribution in [0.5, 0.6) is 0 Å². The fourth-order valence-corrected chi connectivity index (χ4v) is 2.69. The van der Waals surface area contributed by atoms with Gasteiger partial charge >= 0.3 is 0 Å². The molecule has 0 aliphatic heterocycles. The van der Waals surface area contributed by atoms with E-state index in [0.29, 0.717) is 5.92 Å². The number of fused-ring (bicyclic) bond motifs is 1. The van der Waals surface area contributed by atoms with E-state index in [0.717, 1.165) is 0 Å². The Labute approximate surface area is 123 Å². The number of rotatable bonds is 3. The summed E-state index contributed by atoms with van der Waals surface area (Å²) in [7, 11) is 0. The van der Waals surface area contributed by atoms with Crippen LogP contribution in [0.4, 0.5) is 0 Å². The zero-order chi connectivity index (χ0) is 15.3. The van der Waals surface area contributed by atoms with Crippen LogP contribution in [-0.2, 0) is 5.41 Å². The van der Waals surface area contributed by atoms with Crippen molar-refractivity contribution in [1.82, 2.24) is 10.2 Å². The fraction of sp³-hybridized carbons (Fsp3) is 0.500. The normalized spacial score (nSPS) is 21.1. The minimum Gasteiger partial charge on any atom is -0.281 e. The third-order valence-electron chi connectivity index (χ3n) is 3.99. The molecule has 0 radical (unpaired) electrons. The van der Waals surface area contributed by atoms with Gasteiger partial charge < -0.3 is 0 Å². The highest BCUT2D eigenvalue weighted by Crippen LogP contribution is 2.50. The molecule has 0 bridgehead atoms. The van der Waals surface area contributed by atoms with Gasteiger partial charge in [-0.05, 0) is 30.9 Å². The second-order valence-corrected chi connectivity index (χ2v) is 5.75. The molecule has 1 unspecified atom stereocenters. The van der Waals surface area contributed by atoms with Gasteiger partial charge in [0.25, 0.3) is 0 Å². The standard InChI is InChI=1S/C15H20N2.C3H8/c1-6-8-13-11(7-2)12-9-16-17-14(12)15(13,5)10(3)4;1-3-2/h6-10H,2H2,1,3-5H3,(H,16,17);3H2,1-2H3/b8-6-;. The molecule has 20 heavy (non-hydrogen) atoms. The summed E-state index contributed by atoms with van der Waals surface area (Å²) >= 11 is 0. The molecule has 0 saturated heterocycles. The van der Waals surface area contributed by atoms with Gasteiger partial charge in [-0.3, -0.25) is 5.10 Å². The van der Waals surface area contributed by atoms with E-state index in [4.69, 9.17) is 0 Å². The van der Waals surface area contributed by atoms with E-state index >= 15 is 0 Å². The largest absolute Gasteiger partial charge is 0.281 e. The quantitative estimate of drug-likeness (QED) is 0.798. The number of hydrogen-bond donors (Lipinski definition) is 1. The van der Waals surface area contributed by atoms with Crippen LogP contribution >= 0.6 is 0 Å². The van der Waals surface area contributed by atoms with E-state index in [1.165, 1.54) is 28.8 Å². The van der Waals surface area contributed by atoms with Crippen molar-refractivity contribution >= 4 is 5.57 Å². The Morgan fingerprint density at radius 2 is 2.00 bits per heavy atom. The first kappa shape index (κ1) is 16.5. The topological polar surface area (TPSA) is 28.7 Å². The molecule has 1 atom stereocenters. The molecule has 1 aliphatic carbocycles. The van der Waals surface area contributed by atoms with E-state index < -0.39 is 0 Å². The summed E-state index contributed by atoms with van der Waals surface area (Å²) in [6.07, 6.45) is 9.39. The van der Waals surface area contributed by atoms with Crippen LogP contribution in [0.2, 0.25) is 0 Å². The molecule has 2 rings (SSSR count). The molecular formula is C18H28N2. The van der Waals surface area contributed by atoms with E-state index in [9.17, 15) is 0 Å². The van der Waals surface area contributed by atoms with Gasteiger partial charge in [0.05, 0.1) is 11.9 Å². The monoisotopic (exact) mass is 272 g/mol. The number of aromatic nitrogens is 2. The van der Waals surface area contributed by atoms with Crippen LogP contribution in [0.25, 0.3) is 5.57 Å². The lowest BCUT2D eigenvalue weighted by atomic mass is 9.72. The average molecular weight is 272 g/mol. The lowest BCUT2D eigenvalue weighted by molar-refractivity contribution is 0.400. The van der Waals surface area contributed by atoms with E-state index in [-0.39, 0.29) is 5.41 Å². The molecule has 0 amide bonds. The van der Waals surface area contributed by atoms with E-state index in [1.807, 2.05) is 12.3 Å². The van der Waals surface area contributed by atoms with Crippen LogP contribution in [0.15, 0.2) is 36.6 Å². The van der Waals surface area contributed by atoms with Crippen LogP contribution in [-0.4, -0.2) is 10.2 Å². The first-order chi connectivity index (χ1) is 9.48. The summed E-state index contributed by atoms with van der Waals surface area (Å²) in [5.74, 6) is 0.505. The Morgan fingerprint density at radius 3 is 2.45 bits per heavy atom. The van der Waals surface area contributed by atoms with E-state index in [1.54, 1.807) is 0 Å². The fourth-order valence-electron chi connectivity index (χ4n) is 2.69. The number of hydrogen-bond acceptors (Lipinski definition) is 1. The Hall–Kier alpha value is -1.57. The maximum absolute atomic E-state index is 4.18.